The number of para-hydroxylation sites is 4. The molecule has 0 atom stereocenters. The van der Waals surface area contributed by atoms with Gasteiger partial charge in [-0.2, -0.15) is 4.68 Å². The number of hydrogen-bond acceptors (Lipinski definition) is 6. The van der Waals surface area contributed by atoms with E-state index in [1.807, 2.05) is 48.5 Å². The van der Waals surface area contributed by atoms with Crippen molar-refractivity contribution in [1.29, 1.82) is 0 Å². The minimum Gasteiger partial charge on any atom is -0.494 e. The quantitative estimate of drug-likeness (QED) is 0.390. The third-order valence-electron chi connectivity index (χ3n) is 4.19. The Morgan fingerprint density at radius 3 is 2.85 bits per heavy atom. The van der Waals surface area contributed by atoms with Crippen LogP contribution in [0.5, 0.6) is 5.75 Å². The van der Waals surface area contributed by atoms with E-state index in [9.17, 15) is 4.79 Å². The van der Waals surface area contributed by atoms with E-state index in [2.05, 4.69) is 20.5 Å². The molecule has 0 aliphatic rings. The summed E-state index contributed by atoms with van der Waals surface area (Å²) in [5.41, 5.74) is 2.49. The molecule has 0 aliphatic heterocycles. The molecule has 0 fully saturated rings. The number of benzene rings is 2. The zero-order chi connectivity index (χ0) is 18.6. The zero-order valence-corrected chi connectivity index (χ0v) is 15.5. The summed E-state index contributed by atoms with van der Waals surface area (Å²) in [5, 5.41) is 12.6. The molecular weight excluding hydrogens is 364 g/mol. The van der Waals surface area contributed by atoms with Gasteiger partial charge in [0.2, 0.25) is 5.16 Å². The Morgan fingerprint density at radius 2 is 1.96 bits per heavy atom. The van der Waals surface area contributed by atoms with Gasteiger partial charge in [-0.05, 0) is 41.1 Å². The first-order valence-electron chi connectivity index (χ1n) is 8.50. The van der Waals surface area contributed by atoms with E-state index in [1.54, 1.807) is 28.1 Å². The van der Waals surface area contributed by atoms with Gasteiger partial charge in [0.25, 0.3) is 0 Å². The summed E-state index contributed by atoms with van der Waals surface area (Å²) >= 11 is 1.55. The van der Waals surface area contributed by atoms with Gasteiger partial charge in [-0.1, -0.05) is 36.0 Å². The van der Waals surface area contributed by atoms with Gasteiger partial charge in [0.15, 0.2) is 0 Å². The SMILES string of the molecule is COc1ccccc1-n1nnnc1SCCCn1c(=O)[nH]c2ccccc21. The molecule has 0 unspecified atom stereocenters. The molecule has 0 spiro atoms. The Labute approximate surface area is 159 Å². The van der Waals surface area contributed by atoms with Crippen molar-refractivity contribution >= 4 is 22.8 Å². The first-order chi connectivity index (χ1) is 13.3. The molecule has 8 nitrogen and oxygen atoms in total. The van der Waals surface area contributed by atoms with Gasteiger partial charge in [-0.3, -0.25) is 4.57 Å². The molecule has 2 aromatic heterocycles. The number of rotatable bonds is 7. The van der Waals surface area contributed by atoms with E-state index in [0.29, 0.717) is 17.5 Å². The fourth-order valence-electron chi connectivity index (χ4n) is 2.94. The van der Waals surface area contributed by atoms with Gasteiger partial charge in [0, 0.05) is 12.3 Å². The topological polar surface area (TPSA) is 90.6 Å². The molecule has 27 heavy (non-hydrogen) atoms. The Morgan fingerprint density at radius 1 is 1.15 bits per heavy atom. The highest BCUT2D eigenvalue weighted by Crippen LogP contribution is 2.25. The smallest absolute Gasteiger partial charge is 0.326 e. The van der Waals surface area contributed by atoms with Crippen molar-refractivity contribution in [1.82, 2.24) is 29.8 Å². The average molecular weight is 382 g/mol. The molecule has 0 saturated heterocycles. The highest BCUT2D eigenvalue weighted by Gasteiger charge is 2.13. The summed E-state index contributed by atoms with van der Waals surface area (Å²) in [6.45, 7) is 0.631. The molecule has 0 bridgehead atoms. The molecule has 0 aliphatic carbocycles. The van der Waals surface area contributed by atoms with Gasteiger partial charge in [0.1, 0.15) is 11.4 Å². The van der Waals surface area contributed by atoms with Crippen LogP contribution in [0.3, 0.4) is 0 Å². The first kappa shape index (κ1) is 17.3. The number of fused-ring (bicyclic) bond motifs is 1. The van der Waals surface area contributed by atoms with Crippen molar-refractivity contribution < 1.29 is 4.74 Å². The van der Waals surface area contributed by atoms with E-state index in [0.717, 1.165) is 28.9 Å². The Kier molecular flexibility index (Phi) is 4.93. The number of methoxy groups -OCH3 is 1. The second-order valence-electron chi connectivity index (χ2n) is 5.85. The van der Waals surface area contributed by atoms with E-state index in [1.165, 1.54) is 0 Å². The van der Waals surface area contributed by atoms with Crippen LogP contribution < -0.4 is 10.4 Å². The maximum Gasteiger partial charge on any atom is 0.326 e. The van der Waals surface area contributed by atoms with Crippen LogP contribution in [0.2, 0.25) is 0 Å². The van der Waals surface area contributed by atoms with E-state index >= 15 is 0 Å². The number of imidazole rings is 1. The van der Waals surface area contributed by atoms with Gasteiger partial charge in [-0.25, -0.2) is 4.79 Å². The van der Waals surface area contributed by atoms with Gasteiger partial charge >= 0.3 is 5.69 Å². The fourth-order valence-corrected chi connectivity index (χ4v) is 3.75. The lowest BCUT2D eigenvalue weighted by atomic mass is 10.3. The Hall–Kier alpha value is -3.07. The highest BCUT2D eigenvalue weighted by molar-refractivity contribution is 7.99. The van der Waals surface area contributed by atoms with E-state index in [-0.39, 0.29) is 5.69 Å². The van der Waals surface area contributed by atoms with Crippen LogP contribution in [0.1, 0.15) is 6.42 Å². The summed E-state index contributed by atoms with van der Waals surface area (Å²) in [5.74, 6) is 1.48. The molecule has 1 N–H and O–H groups in total. The van der Waals surface area contributed by atoms with Crippen LogP contribution in [-0.4, -0.2) is 42.6 Å². The van der Waals surface area contributed by atoms with Crippen molar-refractivity contribution in [2.75, 3.05) is 12.9 Å². The molecule has 138 valence electrons. The number of hydrogen-bond donors (Lipinski definition) is 1. The summed E-state index contributed by atoms with van der Waals surface area (Å²) in [6.07, 6.45) is 0.811. The molecule has 4 aromatic rings. The normalized spacial score (nSPS) is 11.1. The molecule has 9 heteroatoms. The second kappa shape index (κ2) is 7.67. The zero-order valence-electron chi connectivity index (χ0n) is 14.7. The fraction of sp³-hybridized carbons (Fsp3) is 0.222. The number of ether oxygens (including phenoxy) is 1. The predicted molar refractivity (Wildman–Crippen MR) is 104 cm³/mol. The number of aromatic nitrogens is 6. The number of aromatic amines is 1. The number of aryl methyl sites for hydroxylation is 1. The molecule has 2 aromatic carbocycles. The van der Waals surface area contributed by atoms with Crippen molar-refractivity contribution in [2.24, 2.45) is 0 Å². The van der Waals surface area contributed by atoms with Crippen molar-refractivity contribution in [3.8, 4) is 11.4 Å². The standard InChI is InChI=1S/C18H18N6O2S/c1-26-16-10-5-4-9-15(16)24-18(20-21-22-24)27-12-6-11-23-14-8-3-2-7-13(14)19-17(23)25/h2-5,7-10H,6,11-12H2,1H3,(H,19,25). The minimum atomic E-state index is -0.0833. The predicted octanol–water partition coefficient (Wildman–Crippen LogP) is 2.50. The third kappa shape index (κ3) is 3.45. The van der Waals surface area contributed by atoms with Crippen LogP contribution in [0.25, 0.3) is 16.7 Å². The first-order valence-corrected chi connectivity index (χ1v) is 9.48. The molecule has 2 heterocycles. The van der Waals surface area contributed by atoms with Crippen LogP contribution in [0.15, 0.2) is 58.5 Å². The van der Waals surface area contributed by atoms with Crippen molar-refractivity contribution in [3.63, 3.8) is 0 Å². The summed E-state index contributed by atoms with van der Waals surface area (Å²) in [7, 11) is 1.62. The van der Waals surface area contributed by atoms with E-state index in [4.69, 9.17) is 4.74 Å². The Balaban J connectivity index is 1.44. The molecular formula is C18H18N6O2S. The summed E-state index contributed by atoms with van der Waals surface area (Å²) in [4.78, 5) is 15.0. The van der Waals surface area contributed by atoms with Crippen LogP contribution in [0.4, 0.5) is 0 Å². The van der Waals surface area contributed by atoms with E-state index < -0.39 is 0 Å². The van der Waals surface area contributed by atoms with Crippen molar-refractivity contribution in [3.05, 3.63) is 59.0 Å². The highest BCUT2D eigenvalue weighted by atomic mass is 32.2. The summed E-state index contributed by atoms with van der Waals surface area (Å²) in [6, 6.07) is 15.3. The number of nitrogens with one attached hydrogen (secondary N) is 1. The van der Waals surface area contributed by atoms with Gasteiger partial charge in [-0.15, -0.1) is 5.10 Å². The number of tetrazole rings is 1. The maximum atomic E-state index is 12.1. The van der Waals surface area contributed by atoms with Crippen LogP contribution in [-0.2, 0) is 6.54 Å². The Bertz CT molecular complexity index is 1120. The average Bonchev–Trinajstić information content (AvgIpc) is 3.29. The lowest BCUT2D eigenvalue weighted by Gasteiger charge is -2.09. The van der Waals surface area contributed by atoms with Crippen LogP contribution >= 0.6 is 11.8 Å². The number of thioether (sulfide) groups is 1. The number of nitrogens with zero attached hydrogens (tertiary/aromatic N) is 5. The van der Waals surface area contributed by atoms with Gasteiger partial charge in [0.05, 0.1) is 18.1 Å². The van der Waals surface area contributed by atoms with Crippen LogP contribution in [0, 0.1) is 0 Å². The summed E-state index contributed by atoms with van der Waals surface area (Å²) < 4.78 is 8.82. The third-order valence-corrected chi connectivity index (χ3v) is 5.20. The molecule has 0 saturated carbocycles. The van der Waals surface area contributed by atoms with Crippen molar-refractivity contribution in [2.45, 2.75) is 18.1 Å². The minimum absolute atomic E-state index is 0.0833. The second-order valence-corrected chi connectivity index (χ2v) is 6.91. The maximum absolute atomic E-state index is 12.1. The number of H-pyrrole nitrogens is 1. The lowest BCUT2D eigenvalue weighted by Crippen LogP contribution is -2.17. The monoisotopic (exact) mass is 382 g/mol. The largest absolute Gasteiger partial charge is 0.494 e. The molecule has 0 radical (unpaired) electrons. The lowest BCUT2D eigenvalue weighted by molar-refractivity contribution is 0.410. The molecule has 4 rings (SSSR count). The molecule has 0 amide bonds. The van der Waals surface area contributed by atoms with Gasteiger partial charge < -0.3 is 9.72 Å².